The van der Waals surface area contributed by atoms with Crippen LogP contribution in [0.3, 0.4) is 0 Å². The van der Waals surface area contributed by atoms with Crippen LogP contribution in [-0.4, -0.2) is 16.1 Å². The molecular weight excluding hydrogens is 276 g/mol. The Labute approximate surface area is 120 Å². The number of benzene rings is 1. The third kappa shape index (κ3) is 3.85. The zero-order chi connectivity index (χ0) is 15.2. The molecule has 0 spiro atoms. The molecule has 8 heteroatoms. The number of hydrazone groups is 1. The Bertz CT molecular complexity index is 612. The summed E-state index contributed by atoms with van der Waals surface area (Å²) < 4.78 is 0. The summed E-state index contributed by atoms with van der Waals surface area (Å²) in [5.41, 5.74) is 2.00. The van der Waals surface area contributed by atoms with Crippen molar-refractivity contribution in [1.29, 1.82) is 0 Å². The van der Waals surface area contributed by atoms with Crippen LogP contribution in [0.5, 0.6) is 0 Å². The molecule has 1 aliphatic rings. The van der Waals surface area contributed by atoms with E-state index in [2.05, 4.69) is 16.6 Å². The maximum absolute atomic E-state index is 10.9. The van der Waals surface area contributed by atoms with Crippen LogP contribution in [0.2, 0.25) is 0 Å². The minimum Gasteiger partial charge on any atom is -0.272 e. The van der Waals surface area contributed by atoms with Gasteiger partial charge in [0, 0.05) is 18.2 Å². The largest absolute Gasteiger partial charge is 0.301 e. The lowest BCUT2D eigenvalue weighted by molar-refractivity contribution is -0.393. The van der Waals surface area contributed by atoms with Crippen molar-refractivity contribution in [1.82, 2.24) is 0 Å². The molecule has 1 aliphatic carbocycles. The molecule has 1 unspecified atom stereocenters. The SMILES string of the molecule is O=[N+]([O-])c1ccc(NN=CC2C=CCCC2)c([N+](=O)[O-])c1. The Hall–Kier alpha value is -2.77. The molecule has 21 heavy (non-hydrogen) atoms. The molecule has 8 nitrogen and oxygen atoms in total. The predicted molar refractivity (Wildman–Crippen MR) is 78.3 cm³/mol. The van der Waals surface area contributed by atoms with Gasteiger partial charge in [-0.15, -0.1) is 0 Å². The lowest BCUT2D eigenvalue weighted by atomic mass is 9.97. The Morgan fingerprint density at radius 1 is 1.29 bits per heavy atom. The van der Waals surface area contributed by atoms with Gasteiger partial charge in [-0.05, 0) is 25.3 Å². The minimum atomic E-state index is -0.675. The molecule has 0 amide bonds. The molecule has 1 atom stereocenters. The van der Waals surface area contributed by atoms with Gasteiger partial charge in [0.05, 0.1) is 15.9 Å². The summed E-state index contributed by atoms with van der Waals surface area (Å²) in [6, 6.07) is 3.40. The van der Waals surface area contributed by atoms with E-state index in [1.807, 2.05) is 6.08 Å². The molecule has 0 saturated heterocycles. The molecule has 110 valence electrons. The van der Waals surface area contributed by atoms with Gasteiger partial charge < -0.3 is 0 Å². The first kappa shape index (κ1) is 14.6. The van der Waals surface area contributed by atoms with E-state index in [1.54, 1.807) is 6.21 Å². The van der Waals surface area contributed by atoms with Crippen molar-refractivity contribution < 1.29 is 9.85 Å². The average molecular weight is 290 g/mol. The van der Waals surface area contributed by atoms with E-state index >= 15 is 0 Å². The first-order valence-corrected chi connectivity index (χ1v) is 6.46. The summed E-state index contributed by atoms with van der Waals surface area (Å²) >= 11 is 0. The molecule has 1 aromatic rings. The number of hydrogen-bond acceptors (Lipinski definition) is 6. The molecule has 0 aliphatic heterocycles. The van der Waals surface area contributed by atoms with Crippen LogP contribution in [0.25, 0.3) is 0 Å². The monoisotopic (exact) mass is 290 g/mol. The Kier molecular flexibility index (Phi) is 4.60. The number of hydrogen-bond donors (Lipinski definition) is 1. The molecule has 0 heterocycles. The summed E-state index contributed by atoms with van der Waals surface area (Å²) in [7, 11) is 0. The van der Waals surface area contributed by atoms with Gasteiger partial charge in [-0.1, -0.05) is 12.2 Å². The molecule has 0 bridgehead atoms. The van der Waals surface area contributed by atoms with Gasteiger partial charge in [-0.2, -0.15) is 5.10 Å². The fraction of sp³-hybridized carbons (Fsp3) is 0.308. The summed E-state index contributed by atoms with van der Waals surface area (Å²) in [6.45, 7) is 0. The highest BCUT2D eigenvalue weighted by atomic mass is 16.6. The maximum atomic E-state index is 10.9. The van der Waals surface area contributed by atoms with Crippen molar-refractivity contribution in [3.8, 4) is 0 Å². The number of nitro groups is 2. The van der Waals surface area contributed by atoms with Crippen LogP contribution in [-0.2, 0) is 0 Å². The molecule has 0 radical (unpaired) electrons. The molecule has 2 rings (SSSR count). The van der Waals surface area contributed by atoms with Crippen molar-refractivity contribution in [2.45, 2.75) is 19.3 Å². The van der Waals surface area contributed by atoms with E-state index in [1.165, 1.54) is 12.1 Å². The number of anilines is 1. The smallest absolute Gasteiger partial charge is 0.272 e. The van der Waals surface area contributed by atoms with E-state index in [0.717, 1.165) is 25.3 Å². The highest BCUT2D eigenvalue weighted by molar-refractivity contribution is 5.69. The van der Waals surface area contributed by atoms with Crippen molar-refractivity contribution >= 4 is 23.3 Å². The predicted octanol–water partition coefficient (Wildman–Crippen LogP) is 3.26. The molecule has 1 aromatic carbocycles. The second-order valence-electron chi connectivity index (χ2n) is 4.63. The van der Waals surface area contributed by atoms with Crippen molar-refractivity contribution in [2.75, 3.05) is 5.43 Å². The zero-order valence-electron chi connectivity index (χ0n) is 11.1. The zero-order valence-corrected chi connectivity index (χ0v) is 11.1. The summed E-state index contributed by atoms with van der Waals surface area (Å²) in [4.78, 5) is 20.2. The number of nitrogens with zero attached hydrogens (tertiary/aromatic N) is 3. The van der Waals surface area contributed by atoms with Crippen molar-refractivity contribution in [3.05, 3.63) is 50.6 Å². The quantitative estimate of drug-likeness (QED) is 0.387. The van der Waals surface area contributed by atoms with E-state index in [0.29, 0.717) is 0 Å². The van der Waals surface area contributed by atoms with Gasteiger partial charge in [0.2, 0.25) is 0 Å². The van der Waals surface area contributed by atoms with Gasteiger partial charge in [0.15, 0.2) is 0 Å². The lowest BCUT2D eigenvalue weighted by Gasteiger charge is -2.10. The highest BCUT2D eigenvalue weighted by Crippen LogP contribution is 2.28. The van der Waals surface area contributed by atoms with Crippen LogP contribution in [0, 0.1) is 26.1 Å². The second kappa shape index (κ2) is 6.60. The third-order valence-corrected chi connectivity index (χ3v) is 3.13. The number of allylic oxidation sites excluding steroid dienone is 2. The molecule has 0 saturated carbocycles. The standard InChI is InChI=1S/C13H14N4O4/c18-16(19)11-6-7-12(13(8-11)17(20)21)15-14-9-10-4-2-1-3-5-10/h2,4,6-10,15H,1,3,5H2. The van der Waals surface area contributed by atoms with Crippen LogP contribution in [0.4, 0.5) is 17.1 Å². The molecule has 0 fully saturated rings. The topological polar surface area (TPSA) is 111 Å². The number of rotatable bonds is 5. The first-order valence-electron chi connectivity index (χ1n) is 6.46. The minimum absolute atomic E-state index is 0.127. The first-order chi connectivity index (χ1) is 10.1. The van der Waals surface area contributed by atoms with Gasteiger partial charge in [0.1, 0.15) is 5.69 Å². The van der Waals surface area contributed by atoms with E-state index < -0.39 is 9.85 Å². The lowest BCUT2D eigenvalue weighted by Crippen LogP contribution is -2.04. The summed E-state index contributed by atoms with van der Waals surface area (Å²) in [5, 5.41) is 25.6. The molecule has 0 aromatic heterocycles. The summed E-state index contributed by atoms with van der Waals surface area (Å²) in [5.74, 6) is 0.211. The molecular formula is C13H14N4O4. The third-order valence-electron chi connectivity index (χ3n) is 3.13. The fourth-order valence-electron chi connectivity index (χ4n) is 2.04. The van der Waals surface area contributed by atoms with Gasteiger partial charge >= 0.3 is 5.69 Å². The van der Waals surface area contributed by atoms with Crippen molar-refractivity contribution in [2.24, 2.45) is 11.0 Å². The Morgan fingerprint density at radius 3 is 2.71 bits per heavy atom. The second-order valence-corrected chi connectivity index (χ2v) is 4.63. The number of non-ortho nitro benzene ring substituents is 1. The van der Waals surface area contributed by atoms with E-state index in [4.69, 9.17) is 0 Å². The summed E-state index contributed by atoms with van der Waals surface area (Å²) in [6.07, 6.45) is 8.94. The van der Waals surface area contributed by atoms with Crippen LogP contribution in [0.1, 0.15) is 19.3 Å². The van der Waals surface area contributed by atoms with Gasteiger partial charge in [0.25, 0.3) is 5.69 Å². The van der Waals surface area contributed by atoms with Crippen LogP contribution >= 0.6 is 0 Å². The van der Waals surface area contributed by atoms with Gasteiger partial charge in [-0.3, -0.25) is 25.7 Å². The number of nitro benzene ring substituents is 2. The van der Waals surface area contributed by atoms with E-state index in [9.17, 15) is 20.2 Å². The van der Waals surface area contributed by atoms with Gasteiger partial charge in [-0.25, -0.2) is 0 Å². The normalized spacial score (nSPS) is 17.8. The number of nitrogens with one attached hydrogen (secondary N) is 1. The molecule has 1 N–H and O–H groups in total. The van der Waals surface area contributed by atoms with Crippen LogP contribution < -0.4 is 5.43 Å². The fourth-order valence-corrected chi connectivity index (χ4v) is 2.04. The highest BCUT2D eigenvalue weighted by Gasteiger charge is 2.19. The Balaban J connectivity index is 2.13. The van der Waals surface area contributed by atoms with Crippen LogP contribution in [0.15, 0.2) is 35.5 Å². The maximum Gasteiger partial charge on any atom is 0.301 e. The van der Waals surface area contributed by atoms with E-state index in [-0.39, 0.29) is 23.0 Å². The Morgan fingerprint density at radius 2 is 2.10 bits per heavy atom. The van der Waals surface area contributed by atoms with Crippen molar-refractivity contribution in [3.63, 3.8) is 0 Å². The average Bonchev–Trinajstić information content (AvgIpc) is 2.48.